The summed E-state index contributed by atoms with van der Waals surface area (Å²) in [6, 6.07) is 39.7. The predicted molar refractivity (Wildman–Crippen MR) is 396 cm³/mol. The topological polar surface area (TPSA) is 314 Å². The molecule has 0 saturated heterocycles. The first kappa shape index (κ1) is 107. The van der Waals surface area contributed by atoms with Crippen LogP contribution in [-0.4, -0.2) is 185 Å². The fraction of sp³-hybridized carbons (Fsp3) is 0.280. The molecule has 0 saturated carbocycles. The van der Waals surface area contributed by atoms with Crippen molar-refractivity contribution < 1.29 is 236 Å². The molecule has 7 unspecified atom stereocenters. The third-order valence-corrected chi connectivity index (χ3v) is 29.8. The standard InChI is InChI=1S/C25H15F11O7S3.C25H15F11O7S2.C25H15F11O6S2/c26-22(27,28)20(23(29,30)46(39,40)41)43-14-7-9-17-19(11-14)45(38)18-10-13(42-12-21(37,24(31,32)33)25(34,35)36)6-8-16(18)44(17)15-4-2-1-3-5-15;26-22(27,28)20(23(29,30)45(38,39)40)42-14-7-10-19-17(11-14)43-16-3-1-2-4-18(16)44(19)15-8-5-13(6-9-15)41-12-21(37,24(31,32)33)25(34,35)36;26-22(27,28)20(23(29,30)44(38,39)40)42-14-7-10-19-17(11-14)16-3-1-2-4-18(16)43(19)15-8-5-13(6-9-15)41-12-21(37,24(31,32)33)25(34,35)36/h1-11,20,37H,12H2;1-11,20,37H,12H2;1-11,20,37H,12H2. The zero-order valence-electron chi connectivity index (χ0n) is 64.5. The van der Waals surface area contributed by atoms with E-state index in [4.69, 9.17) is 4.74 Å². The summed E-state index contributed by atoms with van der Waals surface area (Å²) in [6.07, 6.45) is -68.3. The van der Waals surface area contributed by atoms with Gasteiger partial charge in [-0.25, -0.2) is 29.5 Å². The van der Waals surface area contributed by atoms with Gasteiger partial charge < -0.3 is 62.1 Å². The summed E-state index contributed by atoms with van der Waals surface area (Å²) in [5.41, 5.74) is -15.6. The van der Waals surface area contributed by atoms with E-state index < -0.39 is 239 Å². The molecule has 2 aliphatic heterocycles. The van der Waals surface area contributed by atoms with E-state index in [1.165, 1.54) is 54.6 Å². The summed E-state index contributed by atoms with van der Waals surface area (Å²) in [5.74, 6) is -4.83. The molecule has 7 atom stereocenters. The highest BCUT2D eigenvalue weighted by Crippen LogP contribution is 2.56. The number of alkyl halides is 33. The largest absolute Gasteiger partial charge is 0.743 e. The number of halogens is 33. The van der Waals surface area contributed by atoms with Crippen molar-refractivity contribution in [3.05, 3.63) is 200 Å². The third-order valence-electron chi connectivity index (χ3n) is 18.5. The number of rotatable bonds is 24. The molecule has 9 aromatic carbocycles. The molecule has 12 rings (SSSR count). The maximum atomic E-state index is 14.0. The number of ether oxygens (including phenoxy) is 7. The van der Waals surface area contributed by atoms with Crippen molar-refractivity contribution in [1.29, 1.82) is 0 Å². The van der Waals surface area contributed by atoms with E-state index in [0.29, 0.717) is 46.5 Å². The highest BCUT2D eigenvalue weighted by atomic mass is 32.2. The van der Waals surface area contributed by atoms with Crippen LogP contribution in [0.1, 0.15) is 0 Å². The molecule has 0 aliphatic carbocycles. The van der Waals surface area contributed by atoms with Crippen molar-refractivity contribution in [3.63, 3.8) is 0 Å². The first-order valence-electron chi connectivity index (χ1n) is 35.3. The first-order valence-corrected chi connectivity index (χ1v) is 44.4. The van der Waals surface area contributed by atoms with E-state index in [9.17, 15) is 203 Å². The minimum absolute atomic E-state index is 0.103. The number of hydrogen-bond acceptors (Lipinski definition) is 20. The smallest absolute Gasteiger partial charge is 0.432 e. The van der Waals surface area contributed by atoms with E-state index in [0.717, 1.165) is 78.9 Å². The first-order chi connectivity index (χ1) is 61.4. The fourth-order valence-electron chi connectivity index (χ4n) is 11.7. The molecule has 2 aliphatic rings. The molecule has 0 fully saturated rings. The van der Waals surface area contributed by atoms with Crippen LogP contribution < -0.4 is 33.2 Å². The summed E-state index contributed by atoms with van der Waals surface area (Å²) in [7, 11) is -26.8. The van der Waals surface area contributed by atoms with Crippen LogP contribution in [0.25, 0.3) is 25.1 Å². The summed E-state index contributed by atoms with van der Waals surface area (Å²) in [5, 5.41) is 10.7. The summed E-state index contributed by atoms with van der Waals surface area (Å²) >= 11 is 0. The maximum Gasteiger partial charge on any atom is 0.432 e. The highest BCUT2D eigenvalue weighted by molar-refractivity contribution is 7.99. The molecular weight excluding hydrogens is 2070 g/mol. The van der Waals surface area contributed by atoms with Gasteiger partial charge in [-0.1, -0.05) is 42.5 Å². The molecule has 1 aromatic heterocycles. The molecule has 3 N–H and O–H groups in total. The lowest BCUT2D eigenvalue weighted by Gasteiger charge is -2.32. The van der Waals surface area contributed by atoms with Gasteiger partial charge in [-0.3, -0.25) is 0 Å². The molecule has 3 heterocycles. The molecule has 0 bridgehead atoms. The predicted octanol–water partition coefficient (Wildman–Crippen LogP) is 19.9. The second kappa shape index (κ2) is 37.0. The Morgan fingerprint density at radius 3 is 1.01 bits per heavy atom. The SMILES string of the molecule is O=S(=O)([O-])C(F)(F)C(Oc1ccc2c(c1)Oc1ccccc1[S+]2c1ccc(OCC(O)(C(F)(F)F)C(F)(F)F)cc1)C(F)(F)F.O=S(=O)([O-])C(F)(F)C(Oc1ccc2c(c1)c1ccccc1[s+]2-c1ccc(OCC(O)(C(F)(F)F)C(F)(F)F)cc1)C(F)(F)F.O=S1c2cc(OCC(O)(C(F)(F)F)C(F)(F)F)ccc2[S+](c2ccccc2)c2ccc(OC(C(F)(F)F)C(F)(F)S(=O)(=O)[O-])cc21. The summed E-state index contributed by atoms with van der Waals surface area (Å²) in [4.78, 5) is 1.28. The van der Waals surface area contributed by atoms with Crippen LogP contribution in [0.3, 0.4) is 0 Å². The molecular formula is C75H45F33O20S7. The van der Waals surface area contributed by atoms with Gasteiger partial charge in [-0.05, 0) is 115 Å². The van der Waals surface area contributed by atoms with Crippen molar-refractivity contribution in [2.24, 2.45) is 0 Å². The Morgan fingerprint density at radius 2 is 0.607 bits per heavy atom. The van der Waals surface area contributed by atoms with Crippen LogP contribution in [0, 0.1) is 0 Å². The lowest BCUT2D eigenvalue weighted by Crippen LogP contribution is -2.60. The second-order valence-corrected chi connectivity index (χ2v) is 39.2. The van der Waals surface area contributed by atoms with Crippen molar-refractivity contribution in [2.75, 3.05) is 19.8 Å². The molecule has 0 amide bonds. The molecule has 738 valence electrons. The Labute approximate surface area is 743 Å². The molecule has 10 aromatic rings. The Kier molecular flexibility index (Phi) is 29.3. The number of benzene rings is 9. The van der Waals surface area contributed by atoms with Crippen LogP contribution in [-0.2, 0) is 62.9 Å². The Bertz CT molecular complexity index is 6350. The van der Waals surface area contributed by atoms with Crippen LogP contribution in [0.4, 0.5) is 145 Å². The van der Waals surface area contributed by atoms with Crippen molar-refractivity contribution in [3.8, 4) is 50.9 Å². The van der Waals surface area contributed by atoms with E-state index in [1.807, 2.05) is 0 Å². The zero-order valence-corrected chi connectivity index (χ0v) is 70.2. The quantitative estimate of drug-likeness (QED) is 0.0287. The van der Waals surface area contributed by atoms with Gasteiger partial charge in [0.15, 0.2) is 75.7 Å². The average molecular weight is 2120 g/mol. The molecule has 20 nitrogen and oxygen atoms in total. The van der Waals surface area contributed by atoms with E-state index in [-0.39, 0.29) is 36.5 Å². The Hall–Kier alpha value is -10.1. The average Bonchev–Trinajstić information content (AvgIpc) is 1.70. The van der Waals surface area contributed by atoms with E-state index in [2.05, 4.69) is 28.4 Å². The molecule has 0 radical (unpaired) electrons. The number of para-hydroxylation sites is 1. The van der Waals surface area contributed by atoms with Gasteiger partial charge in [-0.2, -0.15) is 145 Å². The van der Waals surface area contributed by atoms with Gasteiger partial charge in [-0.15, -0.1) is 0 Å². The number of fused-ring (bicyclic) bond motifs is 7. The lowest BCUT2D eigenvalue weighted by molar-refractivity contribution is -0.374. The Morgan fingerprint density at radius 1 is 0.311 bits per heavy atom. The molecule has 60 heteroatoms. The summed E-state index contributed by atoms with van der Waals surface area (Å²) < 4.78 is 583. The second-order valence-electron chi connectivity index (χ2n) is 27.6. The third kappa shape index (κ3) is 21.8. The van der Waals surface area contributed by atoms with Crippen molar-refractivity contribution >= 4 is 93.6 Å². The van der Waals surface area contributed by atoms with Crippen molar-refractivity contribution in [2.45, 2.75) is 146 Å². The van der Waals surface area contributed by atoms with Crippen LogP contribution >= 0.6 is 10.5 Å². The number of thiophene rings is 1. The minimum Gasteiger partial charge on any atom is -0.743 e. The van der Waals surface area contributed by atoms with Crippen LogP contribution in [0.2, 0.25) is 0 Å². The van der Waals surface area contributed by atoms with Crippen LogP contribution in [0.5, 0.6) is 46.0 Å². The van der Waals surface area contributed by atoms with E-state index in [1.54, 1.807) is 54.6 Å². The van der Waals surface area contributed by atoms with Gasteiger partial charge >= 0.3 is 71.4 Å². The Balaban J connectivity index is 0.000000210. The van der Waals surface area contributed by atoms with Gasteiger partial charge in [0.05, 0.1) is 16.2 Å². The minimum atomic E-state index is -6.92. The lowest BCUT2D eigenvalue weighted by atomic mass is 10.0. The zero-order chi connectivity index (χ0) is 102. The number of hydrogen-bond donors (Lipinski definition) is 3. The van der Waals surface area contributed by atoms with E-state index >= 15 is 0 Å². The maximum absolute atomic E-state index is 14.0. The van der Waals surface area contributed by atoms with Gasteiger partial charge in [0.1, 0.15) is 85.9 Å². The summed E-state index contributed by atoms with van der Waals surface area (Å²) in [6.45, 7) is -6.80. The highest BCUT2D eigenvalue weighted by Gasteiger charge is 2.74. The monoisotopic (exact) mass is 2120 g/mol. The van der Waals surface area contributed by atoms with Gasteiger partial charge in [0.2, 0.25) is 9.79 Å². The van der Waals surface area contributed by atoms with Crippen molar-refractivity contribution in [1.82, 2.24) is 0 Å². The van der Waals surface area contributed by atoms with Gasteiger partial charge in [0.25, 0.3) is 35.1 Å². The molecule has 0 spiro atoms. The van der Waals surface area contributed by atoms with Gasteiger partial charge in [0, 0.05) is 58.3 Å². The normalized spacial score (nSPS) is 16.7. The molecule has 135 heavy (non-hydrogen) atoms. The fourth-order valence-corrected chi connectivity index (χ4v) is 21.8. The number of aliphatic hydroxyl groups is 3. The van der Waals surface area contributed by atoms with Crippen LogP contribution in [0.15, 0.2) is 239 Å².